The number of amides is 1. The second kappa shape index (κ2) is 6.20. The second-order valence-electron chi connectivity index (χ2n) is 6.13. The van der Waals surface area contributed by atoms with Gasteiger partial charge in [0, 0.05) is 31.0 Å². The van der Waals surface area contributed by atoms with Crippen molar-refractivity contribution in [3.05, 3.63) is 41.0 Å². The lowest BCUT2D eigenvalue weighted by molar-refractivity contribution is -0.141. The standard InChI is InChI=1S/C17H23N3O3/c1-11(16-12(2)18-23-13(16)3)17(21)20-8-9-22-10-15(20)14-6-5-7-19(14)4/h5-7,11,15H,8-10H2,1-4H3/t11-,15-/m0/s1. The number of hydrogen-bond donors (Lipinski definition) is 0. The maximum absolute atomic E-state index is 13.1. The Morgan fingerprint density at radius 2 is 2.22 bits per heavy atom. The highest BCUT2D eigenvalue weighted by atomic mass is 16.5. The van der Waals surface area contributed by atoms with E-state index in [4.69, 9.17) is 9.26 Å². The molecule has 6 heteroatoms. The summed E-state index contributed by atoms with van der Waals surface area (Å²) in [4.78, 5) is 15.0. The molecule has 2 atom stereocenters. The summed E-state index contributed by atoms with van der Waals surface area (Å²) >= 11 is 0. The topological polar surface area (TPSA) is 60.5 Å². The van der Waals surface area contributed by atoms with E-state index in [1.54, 1.807) is 0 Å². The van der Waals surface area contributed by atoms with Crippen molar-refractivity contribution in [2.45, 2.75) is 32.7 Å². The molecule has 0 spiro atoms. The lowest BCUT2D eigenvalue weighted by Gasteiger charge is -2.37. The molecule has 1 aliphatic heterocycles. The maximum atomic E-state index is 13.1. The fourth-order valence-corrected chi connectivity index (χ4v) is 3.41. The fourth-order valence-electron chi connectivity index (χ4n) is 3.41. The summed E-state index contributed by atoms with van der Waals surface area (Å²) < 4.78 is 12.9. The van der Waals surface area contributed by atoms with Crippen LogP contribution in [-0.4, -0.2) is 40.3 Å². The Kier molecular flexibility index (Phi) is 4.26. The number of ether oxygens (including phenoxy) is 1. The van der Waals surface area contributed by atoms with Crippen molar-refractivity contribution < 1.29 is 14.1 Å². The molecule has 0 unspecified atom stereocenters. The van der Waals surface area contributed by atoms with Crippen LogP contribution in [0.3, 0.4) is 0 Å². The molecule has 0 radical (unpaired) electrons. The molecule has 0 saturated carbocycles. The van der Waals surface area contributed by atoms with E-state index in [1.807, 2.05) is 55.6 Å². The van der Waals surface area contributed by atoms with Crippen LogP contribution in [0.1, 0.15) is 41.6 Å². The molecule has 0 N–H and O–H groups in total. The van der Waals surface area contributed by atoms with E-state index in [-0.39, 0.29) is 17.9 Å². The monoisotopic (exact) mass is 317 g/mol. The van der Waals surface area contributed by atoms with Gasteiger partial charge >= 0.3 is 0 Å². The number of aromatic nitrogens is 2. The van der Waals surface area contributed by atoms with E-state index in [2.05, 4.69) is 5.16 Å². The average molecular weight is 317 g/mol. The zero-order chi connectivity index (χ0) is 16.6. The molecule has 0 bridgehead atoms. The van der Waals surface area contributed by atoms with Gasteiger partial charge in [0.05, 0.1) is 30.9 Å². The molecule has 2 aromatic heterocycles. The average Bonchev–Trinajstić information content (AvgIpc) is 3.11. The first kappa shape index (κ1) is 15.8. The van der Waals surface area contributed by atoms with Crippen LogP contribution in [0.15, 0.2) is 22.9 Å². The van der Waals surface area contributed by atoms with E-state index in [9.17, 15) is 4.79 Å². The molecule has 1 fully saturated rings. The van der Waals surface area contributed by atoms with Gasteiger partial charge < -0.3 is 18.7 Å². The Morgan fingerprint density at radius 1 is 1.43 bits per heavy atom. The molecule has 1 aliphatic rings. The summed E-state index contributed by atoms with van der Waals surface area (Å²) in [6, 6.07) is 3.98. The molecule has 124 valence electrons. The predicted octanol–water partition coefficient (Wildman–Crippen LogP) is 2.33. The third kappa shape index (κ3) is 2.79. The van der Waals surface area contributed by atoms with E-state index in [0.717, 1.165) is 17.0 Å². The van der Waals surface area contributed by atoms with Gasteiger partial charge in [0.25, 0.3) is 0 Å². The first-order valence-corrected chi connectivity index (χ1v) is 7.93. The van der Waals surface area contributed by atoms with Gasteiger partial charge in [-0.3, -0.25) is 4.79 Å². The third-order valence-corrected chi connectivity index (χ3v) is 4.63. The van der Waals surface area contributed by atoms with E-state index < -0.39 is 0 Å². The summed E-state index contributed by atoms with van der Waals surface area (Å²) in [5, 5.41) is 3.97. The smallest absolute Gasteiger partial charge is 0.230 e. The number of hydrogen-bond acceptors (Lipinski definition) is 4. The van der Waals surface area contributed by atoms with Crippen LogP contribution in [0, 0.1) is 13.8 Å². The van der Waals surface area contributed by atoms with Gasteiger partial charge in [0.2, 0.25) is 5.91 Å². The van der Waals surface area contributed by atoms with Crippen LogP contribution in [0.4, 0.5) is 0 Å². The van der Waals surface area contributed by atoms with E-state index in [0.29, 0.717) is 25.5 Å². The first-order valence-electron chi connectivity index (χ1n) is 7.93. The molecular weight excluding hydrogens is 294 g/mol. The Morgan fingerprint density at radius 3 is 2.83 bits per heavy atom. The highest BCUT2D eigenvalue weighted by Gasteiger charge is 2.34. The minimum absolute atomic E-state index is 0.0563. The molecule has 1 amide bonds. The lowest BCUT2D eigenvalue weighted by atomic mass is 9.96. The van der Waals surface area contributed by atoms with Gasteiger partial charge in [0.15, 0.2) is 0 Å². The summed E-state index contributed by atoms with van der Waals surface area (Å²) in [6.07, 6.45) is 1.99. The highest BCUT2D eigenvalue weighted by Crippen LogP contribution is 2.30. The summed E-state index contributed by atoms with van der Waals surface area (Å²) in [5.41, 5.74) is 2.77. The number of carbonyl (C=O) groups excluding carboxylic acids is 1. The quantitative estimate of drug-likeness (QED) is 0.872. The van der Waals surface area contributed by atoms with Gasteiger partial charge in [-0.05, 0) is 32.9 Å². The fraction of sp³-hybridized carbons (Fsp3) is 0.529. The Labute approximate surface area is 136 Å². The van der Waals surface area contributed by atoms with Gasteiger partial charge in [-0.1, -0.05) is 5.16 Å². The van der Waals surface area contributed by atoms with Crippen LogP contribution in [-0.2, 0) is 16.6 Å². The van der Waals surface area contributed by atoms with Crippen LogP contribution in [0.5, 0.6) is 0 Å². The van der Waals surface area contributed by atoms with E-state index >= 15 is 0 Å². The number of carbonyl (C=O) groups is 1. The molecular formula is C17H23N3O3. The second-order valence-corrected chi connectivity index (χ2v) is 6.13. The summed E-state index contributed by atoms with van der Waals surface area (Å²) in [5.74, 6) is 0.531. The minimum Gasteiger partial charge on any atom is -0.377 e. The van der Waals surface area contributed by atoms with Crippen molar-refractivity contribution in [2.75, 3.05) is 19.8 Å². The molecule has 1 saturated heterocycles. The van der Waals surface area contributed by atoms with Crippen molar-refractivity contribution in [1.82, 2.24) is 14.6 Å². The largest absolute Gasteiger partial charge is 0.377 e. The minimum atomic E-state index is -0.276. The zero-order valence-corrected chi connectivity index (χ0v) is 14.1. The van der Waals surface area contributed by atoms with E-state index in [1.165, 1.54) is 0 Å². The molecule has 3 rings (SSSR count). The van der Waals surface area contributed by atoms with Crippen molar-refractivity contribution in [1.29, 1.82) is 0 Å². The number of rotatable bonds is 3. The van der Waals surface area contributed by atoms with Gasteiger partial charge in [-0.25, -0.2) is 0 Å². The molecule has 6 nitrogen and oxygen atoms in total. The van der Waals surface area contributed by atoms with Gasteiger partial charge in [-0.15, -0.1) is 0 Å². The molecule has 0 aliphatic carbocycles. The Bertz CT molecular complexity index is 684. The third-order valence-electron chi connectivity index (χ3n) is 4.63. The van der Waals surface area contributed by atoms with Gasteiger partial charge in [-0.2, -0.15) is 0 Å². The summed E-state index contributed by atoms with van der Waals surface area (Å²) in [7, 11) is 1.99. The predicted molar refractivity (Wildman–Crippen MR) is 85.1 cm³/mol. The number of aryl methyl sites for hydroxylation is 3. The zero-order valence-electron chi connectivity index (χ0n) is 14.1. The molecule has 3 heterocycles. The van der Waals surface area contributed by atoms with Crippen molar-refractivity contribution >= 4 is 5.91 Å². The highest BCUT2D eigenvalue weighted by molar-refractivity contribution is 5.84. The molecule has 23 heavy (non-hydrogen) atoms. The van der Waals surface area contributed by atoms with Gasteiger partial charge in [0.1, 0.15) is 5.76 Å². The summed E-state index contributed by atoms with van der Waals surface area (Å²) in [6.45, 7) is 7.35. The van der Waals surface area contributed by atoms with Crippen LogP contribution < -0.4 is 0 Å². The normalized spacial score (nSPS) is 19.8. The van der Waals surface area contributed by atoms with Crippen molar-refractivity contribution in [2.24, 2.45) is 7.05 Å². The lowest BCUT2D eigenvalue weighted by Crippen LogP contribution is -2.45. The number of morpholine rings is 1. The first-order chi connectivity index (χ1) is 11.0. The maximum Gasteiger partial charge on any atom is 0.230 e. The van der Waals surface area contributed by atoms with Crippen LogP contribution >= 0.6 is 0 Å². The molecule has 0 aromatic carbocycles. The van der Waals surface area contributed by atoms with Crippen LogP contribution in [0.2, 0.25) is 0 Å². The Hall–Kier alpha value is -2.08. The Balaban J connectivity index is 1.89. The SMILES string of the molecule is Cc1noc(C)c1[C@H](C)C(=O)N1CCOC[C@H]1c1cccn1C. The molecule has 2 aromatic rings. The number of nitrogens with zero attached hydrogens (tertiary/aromatic N) is 3. The van der Waals surface area contributed by atoms with Crippen molar-refractivity contribution in [3.8, 4) is 0 Å². The van der Waals surface area contributed by atoms with Crippen LogP contribution in [0.25, 0.3) is 0 Å². The van der Waals surface area contributed by atoms with Crippen molar-refractivity contribution in [3.63, 3.8) is 0 Å².